The summed E-state index contributed by atoms with van der Waals surface area (Å²) in [6.07, 6.45) is 3.05. The quantitative estimate of drug-likeness (QED) is 0.663. The number of carbonyl (C=O) groups is 1. The zero-order chi connectivity index (χ0) is 15.1. The molecule has 0 saturated carbocycles. The maximum atomic E-state index is 11.8. The van der Waals surface area contributed by atoms with Crippen LogP contribution in [0.2, 0.25) is 5.02 Å². The molecule has 0 bridgehead atoms. The van der Waals surface area contributed by atoms with E-state index in [4.69, 9.17) is 21.4 Å². The van der Waals surface area contributed by atoms with E-state index >= 15 is 0 Å². The summed E-state index contributed by atoms with van der Waals surface area (Å²) >= 11 is 6.08. The van der Waals surface area contributed by atoms with Crippen molar-refractivity contribution < 1.29 is 14.6 Å². The van der Waals surface area contributed by atoms with Crippen molar-refractivity contribution in [2.45, 2.75) is 6.42 Å². The fraction of sp³-hybridized carbons (Fsp3) is 0.118. The summed E-state index contributed by atoms with van der Waals surface area (Å²) in [5.74, 6) is -0.332. The highest BCUT2D eigenvalue weighted by Gasteiger charge is 2.06. The minimum absolute atomic E-state index is 0.291. The Morgan fingerprint density at radius 1 is 1.19 bits per heavy atom. The molecule has 0 saturated heterocycles. The lowest BCUT2D eigenvalue weighted by molar-refractivity contribution is 0.0509. The Labute approximate surface area is 128 Å². The van der Waals surface area contributed by atoms with Gasteiger partial charge in [0, 0.05) is 11.4 Å². The predicted octanol–water partition coefficient (Wildman–Crippen LogP) is 4.27. The highest BCUT2D eigenvalue weighted by molar-refractivity contribution is 6.32. The van der Waals surface area contributed by atoms with E-state index in [0.717, 1.165) is 17.4 Å². The molecule has 0 spiro atoms. The Balaban J connectivity index is 1.89. The van der Waals surface area contributed by atoms with Gasteiger partial charge in [-0.1, -0.05) is 41.9 Å². The summed E-state index contributed by atoms with van der Waals surface area (Å²) in [7, 11) is 0. The molecule has 1 N–H and O–H groups in total. The standard InChI is InChI=1S/C17H15ClO3/c18-16-12-13(6-7-14(16)8-10-19)9-11-21-17(20)15-4-2-1-3-5-15/h1-8,10,12,19H,9,11H2. The fourth-order valence-corrected chi connectivity index (χ4v) is 2.13. The molecule has 0 fully saturated rings. The van der Waals surface area contributed by atoms with Crippen LogP contribution in [0, 0.1) is 0 Å². The van der Waals surface area contributed by atoms with Crippen LogP contribution in [0.25, 0.3) is 6.08 Å². The van der Waals surface area contributed by atoms with Crippen LogP contribution in [0.3, 0.4) is 0 Å². The maximum absolute atomic E-state index is 11.8. The summed E-state index contributed by atoms with van der Waals surface area (Å²) in [6, 6.07) is 14.4. The van der Waals surface area contributed by atoms with E-state index < -0.39 is 0 Å². The van der Waals surface area contributed by atoms with Crippen LogP contribution in [0.5, 0.6) is 0 Å². The van der Waals surface area contributed by atoms with E-state index in [0.29, 0.717) is 23.6 Å². The molecule has 0 aliphatic carbocycles. The summed E-state index contributed by atoms with van der Waals surface area (Å²) in [4.78, 5) is 11.8. The number of halogens is 1. The van der Waals surface area contributed by atoms with Crippen molar-refractivity contribution in [3.8, 4) is 0 Å². The number of esters is 1. The van der Waals surface area contributed by atoms with Gasteiger partial charge in [-0.3, -0.25) is 0 Å². The van der Waals surface area contributed by atoms with Crippen LogP contribution in [0.1, 0.15) is 21.5 Å². The molecule has 0 radical (unpaired) electrons. The van der Waals surface area contributed by atoms with Gasteiger partial charge in [-0.05, 0) is 35.4 Å². The van der Waals surface area contributed by atoms with E-state index in [1.54, 1.807) is 30.3 Å². The lowest BCUT2D eigenvalue weighted by atomic mass is 10.1. The molecular formula is C17H15ClO3. The van der Waals surface area contributed by atoms with Gasteiger partial charge < -0.3 is 9.84 Å². The maximum Gasteiger partial charge on any atom is 0.338 e. The van der Waals surface area contributed by atoms with E-state index in [1.165, 1.54) is 6.08 Å². The Morgan fingerprint density at radius 3 is 2.62 bits per heavy atom. The second-order valence-electron chi connectivity index (χ2n) is 4.42. The molecular weight excluding hydrogens is 288 g/mol. The van der Waals surface area contributed by atoms with Crippen LogP contribution in [0.4, 0.5) is 0 Å². The number of hydrogen-bond donors (Lipinski definition) is 1. The van der Waals surface area contributed by atoms with E-state index in [9.17, 15) is 4.79 Å². The zero-order valence-corrected chi connectivity index (χ0v) is 12.1. The zero-order valence-electron chi connectivity index (χ0n) is 11.3. The van der Waals surface area contributed by atoms with Gasteiger partial charge in [0.15, 0.2) is 0 Å². The van der Waals surface area contributed by atoms with Gasteiger partial charge in [0.2, 0.25) is 0 Å². The molecule has 0 unspecified atom stereocenters. The third-order valence-electron chi connectivity index (χ3n) is 2.95. The van der Waals surface area contributed by atoms with Gasteiger partial charge in [0.25, 0.3) is 0 Å². The Hall–Kier alpha value is -2.26. The van der Waals surface area contributed by atoms with E-state index in [-0.39, 0.29) is 5.97 Å². The topological polar surface area (TPSA) is 46.5 Å². The first-order valence-corrected chi connectivity index (χ1v) is 6.90. The Morgan fingerprint density at radius 2 is 1.95 bits per heavy atom. The first kappa shape index (κ1) is 15.1. The summed E-state index contributed by atoms with van der Waals surface area (Å²) in [6.45, 7) is 0.291. The smallest absolute Gasteiger partial charge is 0.338 e. The average molecular weight is 303 g/mol. The van der Waals surface area contributed by atoms with Crippen LogP contribution in [-0.2, 0) is 11.2 Å². The third-order valence-corrected chi connectivity index (χ3v) is 3.28. The van der Waals surface area contributed by atoms with Crippen LogP contribution < -0.4 is 0 Å². The monoisotopic (exact) mass is 302 g/mol. The van der Waals surface area contributed by atoms with Gasteiger partial charge in [-0.25, -0.2) is 4.79 Å². The molecule has 2 aromatic carbocycles. The van der Waals surface area contributed by atoms with Crippen LogP contribution in [0.15, 0.2) is 54.8 Å². The SMILES string of the molecule is O=C(OCCc1ccc(C=CO)c(Cl)c1)c1ccccc1. The number of ether oxygens (including phenoxy) is 1. The molecule has 3 nitrogen and oxygen atoms in total. The number of carbonyl (C=O) groups excluding carboxylic acids is 1. The second kappa shape index (κ2) is 7.50. The molecule has 4 heteroatoms. The molecule has 0 aliphatic heterocycles. The third kappa shape index (κ3) is 4.36. The number of benzene rings is 2. The van der Waals surface area contributed by atoms with Crippen molar-refractivity contribution in [3.05, 3.63) is 76.5 Å². The fourth-order valence-electron chi connectivity index (χ4n) is 1.86. The first-order valence-electron chi connectivity index (χ1n) is 6.52. The molecule has 0 amide bonds. The van der Waals surface area contributed by atoms with Crippen molar-refractivity contribution in [2.75, 3.05) is 6.61 Å². The van der Waals surface area contributed by atoms with E-state index in [2.05, 4.69) is 0 Å². The van der Waals surface area contributed by atoms with Crippen molar-refractivity contribution >= 4 is 23.6 Å². The molecule has 21 heavy (non-hydrogen) atoms. The molecule has 0 heterocycles. The summed E-state index contributed by atoms with van der Waals surface area (Å²) in [5, 5.41) is 9.28. The van der Waals surface area contributed by atoms with Crippen molar-refractivity contribution in [2.24, 2.45) is 0 Å². The minimum atomic E-state index is -0.332. The van der Waals surface area contributed by atoms with Gasteiger partial charge in [-0.15, -0.1) is 0 Å². The Kier molecular flexibility index (Phi) is 5.41. The molecule has 0 aliphatic rings. The average Bonchev–Trinajstić information content (AvgIpc) is 2.51. The number of aliphatic hydroxyl groups is 1. The summed E-state index contributed by atoms with van der Waals surface area (Å²) in [5.41, 5.74) is 2.25. The van der Waals surface area contributed by atoms with Gasteiger partial charge >= 0.3 is 5.97 Å². The predicted molar refractivity (Wildman–Crippen MR) is 83.5 cm³/mol. The summed E-state index contributed by atoms with van der Waals surface area (Å²) < 4.78 is 5.21. The molecule has 2 rings (SSSR count). The van der Waals surface area contributed by atoms with Gasteiger partial charge in [-0.2, -0.15) is 0 Å². The number of rotatable bonds is 5. The van der Waals surface area contributed by atoms with Crippen LogP contribution >= 0.6 is 11.6 Å². The minimum Gasteiger partial charge on any atom is -0.516 e. The second-order valence-corrected chi connectivity index (χ2v) is 4.83. The van der Waals surface area contributed by atoms with E-state index in [1.807, 2.05) is 18.2 Å². The first-order chi connectivity index (χ1) is 10.2. The molecule has 2 aromatic rings. The lowest BCUT2D eigenvalue weighted by Crippen LogP contribution is -2.08. The highest BCUT2D eigenvalue weighted by Crippen LogP contribution is 2.19. The normalized spacial score (nSPS) is 10.7. The van der Waals surface area contributed by atoms with Gasteiger partial charge in [0.05, 0.1) is 18.4 Å². The Bertz CT molecular complexity index is 636. The number of hydrogen-bond acceptors (Lipinski definition) is 3. The van der Waals surface area contributed by atoms with Crippen LogP contribution in [-0.4, -0.2) is 17.7 Å². The molecule has 0 aromatic heterocycles. The molecule has 0 atom stereocenters. The van der Waals surface area contributed by atoms with Gasteiger partial charge in [0.1, 0.15) is 0 Å². The number of aliphatic hydroxyl groups excluding tert-OH is 1. The molecule has 108 valence electrons. The lowest BCUT2D eigenvalue weighted by Gasteiger charge is -2.06. The van der Waals surface area contributed by atoms with Crippen molar-refractivity contribution in [3.63, 3.8) is 0 Å². The highest BCUT2D eigenvalue weighted by atomic mass is 35.5. The largest absolute Gasteiger partial charge is 0.516 e. The van der Waals surface area contributed by atoms with Crippen molar-refractivity contribution in [1.29, 1.82) is 0 Å². The van der Waals surface area contributed by atoms with Crippen molar-refractivity contribution in [1.82, 2.24) is 0 Å².